The van der Waals surface area contributed by atoms with Gasteiger partial charge in [0, 0.05) is 22.1 Å². The molecule has 1 aromatic heterocycles. The molecule has 1 atom stereocenters. The molecular weight excluding hydrogens is 310 g/mol. The van der Waals surface area contributed by atoms with Crippen LogP contribution in [0, 0.1) is 6.92 Å². The predicted octanol–water partition coefficient (Wildman–Crippen LogP) is 3.72. The van der Waals surface area contributed by atoms with Crippen LogP contribution in [0.2, 0.25) is 0 Å². The number of aromatic amines is 1. The Morgan fingerprint density at radius 1 is 1.39 bits per heavy atom. The van der Waals surface area contributed by atoms with E-state index in [1.165, 1.54) is 12.8 Å². The Labute approximate surface area is 140 Å². The maximum atomic E-state index is 12.3. The molecule has 3 rings (SSSR count). The first-order valence-electron chi connectivity index (χ1n) is 7.75. The van der Waals surface area contributed by atoms with Crippen molar-refractivity contribution in [2.24, 2.45) is 0 Å². The minimum atomic E-state index is -0.587. The van der Waals surface area contributed by atoms with E-state index < -0.39 is 6.10 Å². The third kappa shape index (κ3) is 3.69. The molecule has 0 bridgehead atoms. The first-order valence-corrected chi connectivity index (χ1v) is 8.97. The number of carbonyl (C=O) groups excluding carboxylic acids is 1. The molecule has 1 heterocycles. The highest BCUT2D eigenvalue weighted by Gasteiger charge is 2.29. The van der Waals surface area contributed by atoms with Crippen molar-refractivity contribution in [3.63, 3.8) is 0 Å². The van der Waals surface area contributed by atoms with Crippen LogP contribution in [-0.4, -0.2) is 28.5 Å². The fourth-order valence-electron chi connectivity index (χ4n) is 2.43. The molecule has 6 heteroatoms. The lowest BCUT2D eigenvalue weighted by molar-refractivity contribution is -0.122. The zero-order valence-corrected chi connectivity index (χ0v) is 14.4. The molecule has 1 aliphatic carbocycles. The van der Waals surface area contributed by atoms with Gasteiger partial charge in [0.25, 0.3) is 5.91 Å². The van der Waals surface area contributed by atoms with E-state index in [2.05, 4.69) is 15.5 Å². The summed E-state index contributed by atoms with van der Waals surface area (Å²) >= 11 is 1.67. The topological polar surface area (TPSA) is 67.0 Å². The highest BCUT2D eigenvalue weighted by atomic mass is 32.2. The van der Waals surface area contributed by atoms with Gasteiger partial charge in [0.1, 0.15) is 5.75 Å². The van der Waals surface area contributed by atoms with Crippen LogP contribution < -0.4 is 10.1 Å². The molecule has 0 saturated heterocycles. The molecule has 23 heavy (non-hydrogen) atoms. The summed E-state index contributed by atoms with van der Waals surface area (Å²) < 4.78 is 5.70. The zero-order chi connectivity index (χ0) is 16.4. The van der Waals surface area contributed by atoms with E-state index in [0.29, 0.717) is 17.5 Å². The SMILES string of the molecule is CSc1ccc(O[C@H](C)C(=O)Nc2n[nH]c(C3CC3)c2C)cc1. The van der Waals surface area contributed by atoms with Crippen LogP contribution in [0.3, 0.4) is 0 Å². The van der Waals surface area contributed by atoms with Gasteiger partial charge in [-0.1, -0.05) is 0 Å². The van der Waals surface area contributed by atoms with E-state index in [1.807, 2.05) is 37.4 Å². The number of rotatable bonds is 6. The number of ether oxygens (including phenoxy) is 1. The first kappa shape index (κ1) is 15.9. The Bertz CT molecular complexity index is 692. The second-order valence-electron chi connectivity index (χ2n) is 5.81. The Balaban J connectivity index is 1.60. The van der Waals surface area contributed by atoms with Gasteiger partial charge in [0.2, 0.25) is 0 Å². The number of thioether (sulfide) groups is 1. The number of benzene rings is 1. The van der Waals surface area contributed by atoms with Gasteiger partial charge < -0.3 is 10.1 Å². The molecule has 0 unspecified atom stereocenters. The fourth-order valence-corrected chi connectivity index (χ4v) is 2.84. The molecule has 1 saturated carbocycles. The number of hydrogen-bond acceptors (Lipinski definition) is 4. The molecule has 122 valence electrons. The van der Waals surface area contributed by atoms with E-state index in [-0.39, 0.29) is 5.91 Å². The Morgan fingerprint density at radius 2 is 2.09 bits per heavy atom. The van der Waals surface area contributed by atoms with E-state index in [1.54, 1.807) is 18.7 Å². The molecule has 5 nitrogen and oxygen atoms in total. The summed E-state index contributed by atoms with van der Waals surface area (Å²) in [6.45, 7) is 3.72. The van der Waals surface area contributed by atoms with Gasteiger partial charge >= 0.3 is 0 Å². The third-order valence-electron chi connectivity index (χ3n) is 4.02. The molecule has 1 fully saturated rings. The average molecular weight is 331 g/mol. The maximum absolute atomic E-state index is 12.3. The second-order valence-corrected chi connectivity index (χ2v) is 6.69. The number of H-pyrrole nitrogens is 1. The van der Waals surface area contributed by atoms with Gasteiger partial charge in [0.05, 0.1) is 0 Å². The molecule has 0 spiro atoms. The zero-order valence-electron chi connectivity index (χ0n) is 13.6. The lowest BCUT2D eigenvalue weighted by Gasteiger charge is -2.14. The van der Waals surface area contributed by atoms with E-state index in [0.717, 1.165) is 16.2 Å². The fraction of sp³-hybridized carbons (Fsp3) is 0.412. The van der Waals surface area contributed by atoms with Crippen LogP contribution in [-0.2, 0) is 4.79 Å². The second kappa shape index (κ2) is 6.66. The normalized spacial score (nSPS) is 15.3. The first-order chi connectivity index (χ1) is 11.1. The quantitative estimate of drug-likeness (QED) is 0.792. The van der Waals surface area contributed by atoms with Gasteiger partial charge in [0.15, 0.2) is 11.9 Å². The molecule has 2 N–H and O–H groups in total. The Kier molecular flexibility index (Phi) is 4.61. The van der Waals surface area contributed by atoms with E-state index >= 15 is 0 Å². The molecule has 1 amide bonds. The lowest BCUT2D eigenvalue weighted by Crippen LogP contribution is -2.30. The number of aromatic nitrogens is 2. The molecule has 0 aliphatic heterocycles. The van der Waals surface area contributed by atoms with Gasteiger partial charge in [-0.15, -0.1) is 11.8 Å². The van der Waals surface area contributed by atoms with Crippen molar-refractivity contribution < 1.29 is 9.53 Å². The summed E-state index contributed by atoms with van der Waals surface area (Å²) in [6, 6.07) is 7.70. The minimum Gasteiger partial charge on any atom is -0.481 e. The van der Waals surface area contributed by atoms with E-state index in [9.17, 15) is 4.79 Å². The van der Waals surface area contributed by atoms with Crippen LogP contribution in [0.1, 0.15) is 36.9 Å². The summed E-state index contributed by atoms with van der Waals surface area (Å²) in [5.41, 5.74) is 2.17. The van der Waals surface area contributed by atoms with Crippen molar-refractivity contribution in [2.45, 2.75) is 43.6 Å². The van der Waals surface area contributed by atoms with Crippen molar-refractivity contribution in [2.75, 3.05) is 11.6 Å². The van der Waals surface area contributed by atoms with Crippen molar-refractivity contribution >= 4 is 23.5 Å². The number of nitrogens with one attached hydrogen (secondary N) is 2. The van der Waals surface area contributed by atoms with E-state index in [4.69, 9.17) is 4.74 Å². The third-order valence-corrected chi connectivity index (χ3v) is 4.76. The maximum Gasteiger partial charge on any atom is 0.266 e. The Morgan fingerprint density at radius 3 is 2.70 bits per heavy atom. The summed E-state index contributed by atoms with van der Waals surface area (Å²) in [6.07, 6.45) is 3.83. The smallest absolute Gasteiger partial charge is 0.266 e. The van der Waals surface area contributed by atoms with Crippen LogP contribution in [0.25, 0.3) is 0 Å². The number of anilines is 1. The molecule has 2 aromatic rings. The van der Waals surface area contributed by atoms with Gasteiger partial charge in [-0.05, 0) is 57.2 Å². The number of hydrogen-bond donors (Lipinski definition) is 2. The van der Waals surface area contributed by atoms with Crippen molar-refractivity contribution in [1.29, 1.82) is 0 Å². The highest BCUT2D eigenvalue weighted by Crippen LogP contribution is 2.41. The Hall–Kier alpha value is -1.95. The van der Waals surface area contributed by atoms with Gasteiger partial charge in [-0.25, -0.2) is 0 Å². The molecular formula is C17H21N3O2S. The number of carbonyl (C=O) groups is 1. The van der Waals surface area contributed by atoms with Crippen LogP contribution >= 0.6 is 11.8 Å². The summed E-state index contributed by atoms with van der Waals surface area (Å²) in [5.74, 6) is 1.67. The van der Waals surface area contributed by atoms with Crippen molar-refractivity contribution in [1.82, 2.24) is 10.2 Å². The van der Waals surface area contributed by atoms with Crippen molar-refractivity contribution in [3.05, 3.63) is 35.5 Å². The van der Waals surface area contributed by atoms with Crippen LogP contribution in [0.4, 0.5) is 5.82 Å². The minimum absolute atomic E-state index is 0.198. The van der Waals surface area contributed by atoms with Gasteiger partial charge in [-0.2, -0.15) is 5.10 Å². The average Bonchev–Trinajstić information content (AvgIpc) is 3.33. The standard InChI is InChI=1S/C17H21N3O2S/c1-10-15(12-4-5-12)19-20-16(10)18-17(21)11(2)22-13-6-8-14(23-3)9-7-13/h6-9,11-12H,4-5H2,1-3H3,(H2,18,19,20,21)/t11-/m1/s1. The molecule has 1 aromatic carbocycles. The number of nitrogens with zero attached hydrogens (tertiary/aromatic N) is 1. The monoisotopic (exact) mass is 331 g/mol. The van der Waals surface area contributed by atoms with Crippen molar-refractivity contribution in [3.8, 4) is 5.75 Å². The molecule has 1 aliphatic rings. The largest absolute Gasteiger partial charge is 0.481 e. The predicted molar refractivity (Wildman–Crippen MR) is 92.2 cm³/mol. The highest BCUT2D eigenvalue weighted by molar-refractivity contribution is 7.98. The van der Waals surface area contributed by atoms with Crippen LogP contribution in [0.5, 0.6) is 5.75 Å². The number of amides is 1. The van der Waals surface area contributed by atoms with Crippen LogP contribution in [0.15, 0.2) is 29.2 Å². The van der Waals surface area contributed by atoms with Gasteiger partial charge in [-0.3, -0.25) is 9.89 Å². The lowest BCUT2D eigenvalue weighted by atomic mass is 10.2. The molecule has 0 radical (unpaired) electrons. The summed E-state index contributed by atoms with van der Waals surface area (Å²) in [4.78, 5) is 13.5. The summed E-state index contributed by atoms with van der Waals surface area (Å²) in [5, 5.41) is 10.1. The summed E-state index contributed by atoms with van der Waals surface area (Å²) in [7, 11) is 0.